The first-order valence-corrected chi connectivity index (χ1v) is 7.63. The number of halogens is 1. The summed E-state index contributed by atoms with van der Waals surface area (Å²) in [5, 5.41) is 0.00918. The number of methoxy groups -OCH3 is 1. The molecule has 0 bridgehead atoms. The smallest absolute Gasteiger partial charge is 0.150 e. The lowest BCUT2D eigenvalue weighted by atomic mass is 10.0. The molecule has 2 aromatic carbocycles. The molecule has 0 fully saturated rings. The van der Waals surface area contributed by atoms with Crippen molar-refractivity contribution in [3.8, 4) is 11.5 Å². The second kappa shape index (κ2) is 7.34. The van der Waals surface area contributed by atoms with Crippen LogP contribution in [0.2, 0.25) is 0 Å². The standard InChI is InChI=1S/C17H19BrO2/c1-13(18)20-17-10-6-4-8-15(17)12-11-14-7-3-5-9-16(14)19-2/h3-10,13H,11-12H2,1-2H3. The van der Waals surface area contributed by atoms with Crippen molar-refractivity contribution >= 4 is 15.9 Å². The van der Waals surface area contributed by atoms with Gasteiger partial charge in [0.25, 0.3) is 0 Å². The summed E-state index contributed by atoms with van der Waals surface area (Å²) < 4.78 is 11.2. The monoisotopic (exact) mass is 334 g/mol. The fourth-order valence-corrected chi connectivity index (χ4v) is 2.38. The van der Waals surface area contributed by atoms with Crippen LogP contribution in [0.4, 0.5) is 0 Å². The van der Waals surface area contributed by atoms with Gasteiger partial charge < -0.3 is 9.47 Å². The Kier molecular flexibility index (Phi) is 5.48. The van der Waals surface area contributed by atoms with Gasteiger partial charge in [0, 0.05) is 0 Å². The number of hydrogen-bond acceptors (Lipinski definition) is 2. The molecule has 0 saturated carbocycles. The predicted octanol–water partition coefficient (Wildman–Crippen LogP) is 4.60. The lowest BCUT2D eigenvalue weighted by Crippen LogP contribution is -2.05. The number of ether oxygens (including phenoxy) is 2. The van der Waals surface area contributed by atoms with Gasteiger partial charge in [0.2, 0.25) is 0 Å². The normalized spacial score (nSPS) is 11.9. The van der Waals surface area contributed by atoms with Gasteiger partial charge in [0.15, 0.2) is 5.01 Å². The summed E-state index contributed by atoms with van der Waals surface area (Å²) in [4.78, 5) is 0. The minimum Gasteiger partial charge on any atom is -0.496 e. The van der Waals surface area contributed by atoms with E-state index in [1.807, 2.05) is 43.3 Å². The Morgan fingerprint density at radius 3 is 1.95 bits per heavy atom. The molecule has 0 radical (unpaired) electrons. The molecule has 106 valence electrons. The zero-order valence-corrected chi connectivity index (χ0v) is 13.4. The van der Waals surface area contributed by atoms with Crippen LogP contribution in [0, 0.1) is 0 Å². The molecular weight excluding hydrogens is 316 g/mol. The maximum Gasteiger partial charge on any atom is 0.150 e. The van der Waals surface area contributed by atoms with Gasteiger partial charge in [0.1, 0.15) is 11.5 Å². The Balaban J connectivity index is 2.11. The van der Waals surface area contributed by atoms with Crippen LogP contribution in [0.5, 0.6) is 11.5 Å². The van der Waals surface area contributed by atoms with E-state index in [-0.39, 0.29) is 5.01 Å². The highest BCUT2D eigenvalue weighted by atomic mass is 79.9. The van der Waals surface area contributed by atoms with Gasteiger partial charge in [-0.2, -0.15) is 0 Å². The van der Waals surface area contributed by atoms with Gasteiger partial charge in [0.05, 0.1) is 7.11 Å². The molecule has 0 aromatic heterocycles. The zero-order chi connectivity index (χ0) is 14.4. The second-order valence-electron chi connectivity index (χ2n) is 4.58. The van der Waals surface area contributed by atoms with E-state index >= 15 is 0 Å². The first-order chi connectivity index (χ1) is 9.70. The Morgan fingerprint density at radius 2 is 1.40 bits per heavy atom. The van der Waals surface area contributed by atoms with Crippen LogP contribution in [-0.4, -0.2) is 12.1 Å². The molecule has 3 heteroatoms. The average molecular weight is 335 g/mol. The first kappa shape index (κ1) is 14.9. The van der Waals surface area contributed by atoms with Crippen LogP contribution in [0.25, 0.3) is 0 Å². The average Bonchev–Trinajstić information content (AvgIpc) is 2.46. The third-order valence-corrected chi connectivity index (χ3v) is 3.31. The highest BCUT2D eigenvalue weighted by molar-refractivity contribution is 9.09. The highest BCUT2D eigenvalue weighted by Gasteiger charge is 2.07. The third-order valence-electron chi connectivity index (χ3n) is 3.12. The Bertz CT molecular complexity index is 552. The predicted molar refractivity (Wildman–Crippen MR) is 85.9 cm³/mol. The fraction of sp³-hybridized carbons (Fsp3) is 0.294. The Labute approximate surface area is 128 Å². The van der Waals surface area contributed by atoms with Crippen molar-refractivity contribution in [2.75, 3.05) is 7.11 Å². The van der Waals surface area contributed by atoms with E-state index < -0.39 is 0 Å². The number of aryl methyl sites for hydroxylation is 2. The molecule has 1 atom stereocenters. The SMILES string of the molecule is COc1ccccc1CCc1ccccc1OC(C)Br. The van der Waals surface area contributed by atoms with E-state index in [1.54, 1.807) is 7.11 Å². The molecule has 20 heavy (non-hydrogen) atoms. The molecular formula is C17H19BrO2. The topological polar surface area (TPSA) is 18.5 Å². The third kappa shape index (κ3) is 4.01. The van der Waals surface area contributed by atoms with Crippen LogP contribution >= 0.6 is 15.9 Å². The van der Waals surface area contributed by atoms with E-state index in [1.165, 1.54) is 11.1 Å². The maximum absolute atomic E-state index is 5.78. The number of para-hydroxylation sites is 2. The second-order valence-corrected chi connectivity index (χ2v) is 5.87. The van der Waals surface area contributed by atoms with E-state index in [0.717, 1.165) is 24.3 Å². The Hall–Kier alpha value is -1.48. The summed E-state index contributed by atoms with van der Waals surface area (Å²) >= 11 is 3.42. The quantitative estimate of drug-likeness (QED) is 0.718. The molecule has 0 saturated heterocycles. The van der Waals surface area contributed by atoms with Crippen LogP contribution in [0.3, 0.4) is 0 Å². The summed E-state index contributed by atoms with van der Waals surface area (Å²) in [6, 6.07) is 16.3. The van der Waals surface area contributed by atoms with Gasteiger partial charge in [-0.25, -0.2) is 0 Å². The zero-order valence-electron chi connectivity index (χ0n) is 11.8. The molecule has 2 rings (SSSR count). The van der Waals surface area contributed by atoms with Crippen LogP contribution < -0.4 is 9.47 Å². The number of hydrogen-bond donors (Lipinski definition) is 0. The molecule has 0 aliphatic heterocycles. The first-order valence-electron chi connectivity index (χ1n) is 6.71. The summed E-state index contributed by atoms with van der Waals surface area (Å²) in [6.07, 6.45) is 1.86. The van der Waals surface area contributed by atoms with Gasteiger partial charge in [-0.1, -0.05) is 36.4 Å². The van der Waals surface area contributed by atoms with Crippen molar-refractivity contribution in [2.45, 2.75) is 24.8 Å². The number of rotatable bonds is 6. The molecule has 1 unspecified atom stereocenters. The molecule has 2 nitrogen and oxygen atoms in total. The van der Waals surface area contributed by atoms with Gasteiger partial charge in [-0.15, -0.1) is 0 Å². The van der Waals surface area contributed by atoms with Crippen molar-refractivity contribution in [1.29, 1.82) is 0 Å². The lowest BCUT2D eigenvalue weighted by Gasteiger charge is -2.14. The highest BCUT2D eigenvalue weighted by Crippen LogP contribution is 2.24. The van der Waals surface area contributed by atoms with Gasteiger partial charge in [-0.05, 0) is 59.0 Å². The van der Waals surface area contributed by atoms with E-state index in [4.69, 9.17) is 9.47 Å². The van der Waals surface area contributed by atoms with Crippen LogP contribution in [-0.2, 0) is 12.8 Å². The fourth-order valence-electron chi connectivity index (χ4n) is 2.18. The van der Waals surface area contributed by atoms with Crippen molar-refractivity contribution in [3.05, 3.63) is 59.7 Å². The van der Waals surface area contributed by atoms with Crippen molar-refractivity contribution < 1.29 is 9.47 Å². The minimum absolute atomic E-state index is 0.00918. The molecule has 0 N–H and O–H groups in total. The van der Waals surface area contributed by atoms with E-state index in [2.05, 4.69) is 28.1 Å². The van der Waals surface area contributed by atoms with Gasteiger partial charge in [-0.3, -0.25) is 0 Å². The van der Waals surface area contributed by atoms with Crippen molar-refractivity contribution in [1.82, 2.24) is 0 Å². The van der Waals surface area contributed by atoms with Crippen molar-refractivity contribution in [2.24, 2.45) is 0 Å². The summed E-state index contributed by atoms with van der Waals surface area (Å²) in [5.74, 6) is 1.88. The molecule has 0 heterocycles. The number of benzene rings is 2. The van der Waals surface area contributed by atoms with Crippen LogP contribution in [0.1, 0.15) is 18.1 Å². The Morgan fingerprint density at radius 1 is 0.900 bits per heavy atom. The lowest BCUT2D eigenvalue weighted by molar-refractivity contribution is 0.310. The van der Waals surface area contributed by atoms with Crippen LogP contribution in [0.15, 0.2) is 48.5 Å². The van der Waals surface area contributed by atoms with E-state index in [9.17, 15) is 0 Å². The largest absolute Gasteiger partial charge is 0.496 e. The van der Waals surface area contributed by atoms with Crippen molar-refractivity contribution in [3.63, 3.8) is 0 Å². The van der Waals surface area contributed by atoms with Gasteiger partial charge >= 0.3 is 0 Å². The molecule has 2 aromatic rings. The number of alkyl halides is 1. The molecule has 0 aliphatic carbocycles. The molecule has 0 spiro atoms. The summed E-state index contributed by atoms with van der Waals surface area (Å²) in [6.45, 7) is 1.97. The molecule has 0 aliphatic rings. The minimum atomic E-state index is 0.00918. The summed E-state index contributed by atoms with van der Waals surface area (Å²) in [7, 11) is 1.71. The summed E-state index contributed by atoms with van der Waals surface area (Å²) in [5.41, 5.74) is 2.43. The van der Waals surface area contributed by atoms with E-state index in [0.29, 0.717) is 0 Å². The molecule has 0 amide bonds. The maximum atomic E-state index is 5.78.